The summed E-state index contributed by atoms with van der Waals surface area (Å²) >= 11 is 0. The molecular weight excluding hydrogens is 366 g/mol. The van der Waals surface area contributed by atoms with Crippen LogP contribution in [0.4, 0.5) is 10.5 Å². The molecule has 1 aliphatic rings. The monoisotopic (exact) mass is 385 g/mol. The smallest absolute Gasteiger partial charge is 0.334 e. The lowest BCUT2D eigenvalue weighted by Crippen LogP contribution is -2.32. The number of benzene rings is 2. The Morgan fingerprint density at radius 3 is 1.93 bits per heavy atom. The minimum Gasteiger partial charge on any atom is -0.497 e. The van der Waals surface area contributed by atoms with Crippen molar-refractivity contribution in [3.63, 3.8) is 0 Å². The van der Waals surface area contributed by atoms with Gasteiger partial charge in [0.15, 0.2) is 0 Å². The Hall–Kier alpha value is -3.75. The van der Waals surface area contributed by atoms with E-state index in [4.69, 9.17) is 4.74 Å². The van der Waals surface area contributed by atoms with Crippen LogP contribution in [-0.2, 0) is 16.1 Å². The van der Waals surface area contributed by atoms with E-state index in [1.54, 1.807) is 56.5 Å². The Balaban J connectivity index is 0.000000261. The molecule has 0 spiro atoms. The van der Waals surface area contributed by atoms with Gasteiger partial charge in [-0.3, -0.25) is 29.5 Å². The summed E-state index contributed by atoms with van der Waals surface area (Å²) in [5.74, 6) is -0.849. The number of nitrogens with zero attached hydrogens (tertiary/aromatic N) is 3. The molecule has 0 aromatic heterocycles. The third-order valence-electron chi connectivity index (χ3n) is 3.92. The van der Waals surface area contributed by atoms with E-state index >= 15 is 0 Å². The highest BCUT2D eigenvalue weighted by Gasteiger charge is 2.43. The predicted molar refractivity (Wildman–Crippen MR) is 99.4 cm³/mol. The van der Waals surface area contributed by atoms with E-state index in [9.17, 15) is 24.5 Å². The number of carbonyl (C=O) groups is 3. The van der Waals surface area contributed by atoms with Gasteiger partial charge in [-0.15, -0.1) is 0 Å². The molecule has 1 heterocycles. The molecule has 2 aromatic carbocycles. The van der Waals surface area contributed by atoms with Gasteiger partial charge in [0.05, 0.1) is 18.6 Å². The van der Waals surface area contributed by atoms with Crippen LogP contribution in [0.1, 0.15) is 12.5 Å². The molecule has 0 N–H and O–H groups in total. The predicted octanol–water partition coefficient (Wildman–Crippen LogP) is 2.60. The second-order valence-electron chi connectivity index (χ2n) is 5.66. The molecule has 146 valence electrons. The van der Waals surface area contributed by atoms with Gasteiger partial charge in [0.1, 0.15) is 5.75 Å². The van der Waals surface area contributed by atoms with Crippen LogP contribution in [0, 0.1) is 10.1 Å². The molecule has 4 amide bonds. The topological polar surface area (TPSA) is 110 Å². The maximum Gasteiger partial charge on any atom is 0.334 e. The summed E-state index contributed by atoms with van der Waals surface area (Å²) in [6.07, 6.45) is 0. The third kappa shape index (κ3) is 4.70. The van der Waals surface area contributed by atoms with E-state index in [2.05, 4.69) is 0 Å². The van der Waals surface area contributed by atoms with Crippen molar-refractivity contribution < 1.29 is 24.0 Å². The van der Waals surface area contributed by atoms with E-state index in [1.165, 1.54) is 12.1 Å². The van der Waals surface area contributed by atoms with Gasteiger partial charge < -0.3 is 4.74 Å². The van der Waals surface area contributed by atoms with Gasteiger partial charge in [-0.1, -0.05) is 30.3 Å². The Labute approximate surface area is 161 Å². The van der Waals surface area contributed by atoms with Gasteiger partial charge in [-0.05, 0) is 24.6 Å². The molecule has 3 rings (SSSR count). The first kappa shape index (κ1) is 20.6. The number of hydrogen-bond donors (Lipinski definition) is 0. The molecule has 0 radical (unpaired) electrons. The fourth-order valence-electron chi connectivity index (χ4n) is 2.43. The number of amides is 4. The van der Waals surface area contributed by atoms with E-state index < -0.39 is 22.8 Å². The van der Waals surface area contributed by atoms with E-state index in [0.29, 0.717) is 5.75 Å². The molecule has 9 heteroatoms. The minimum absolute atomic E-state index is 0.0872. The fourth-order valence-corrected chi connectivity index (χ4v) is 2.43. The highest BCUT2D eigenvalue weighted by atomic mass is 16.6. The number of ether oxygens (including phenoxy) is 1. The SMILES string of the molecule is CCN1C(=O)C(=O)N(Cc2ccc(OC)cc2)C1=O.O=[N+]([O-])c1ccccc1. The Morgan fingerprint density at radius 1 is 0.929 bits per heavy atom. The van der Waals surface area contributed by atoms with Crippen LogP contribution in [-0.4, -0.2) is 46.2 Å². The molecule has 28 heavy (non-hydrogen) atoms. The van der Waals surface area contributed by atoms with Crippen molar-refractivity contribution >= 4 is 23.5 Å². The van der Waals surface area contributed by atoms with Gasteiger partial charge in [0, 0.05) is 18.7 Å². The molecule has 1 fully saturated rings. The molecule has 0 saturated carbocycles. The van der Waals surface area contributed by atoms with Gasteiger partial charge in [0.2, 0.25) is 0 Å². The zero-order valence-corrected chi connectivity index (χ0v) is 15.4. The first-order chi connectivity index (χ1) is 13.4. The average Bonchev–Trinajstić information content (AvgIpc) is 2.92. The summed E-state index contributed by atoms with van der Waals surface area (Å²) in [6, 6.07) is 14.3. The summed E-state index contributed by atoms with van der Waals surface area (Å²) in [4.78, 5) is 46.6. The summed E-state index contributed by atoms with van der Waals surface area (Å²) in [6.45, 7) is 1.94. The quantitative estimate of drug-likeness (QED) is 0.339. The van der Waals surface area contributed by atoms with Crippen LogP contribution in [0.5, 0.6) is 5.75 Å². The Kier molecular flexibility index (Phi) is 6.80. The van der Waals surface area contributed by atoms with Crippen LogP contribution in [0.15, 0.2) is 54.6 Å². The molecule has 2 aromatic rings. The van der Waals surface area contributed by atoms with E-state index in [0.717, 1.165) is 15.4 Å². The van der Waals surface area contributed by atoms with Gasteiger partial charge in [-0.25, -0.2) is 4.79 Å². The number of likely N-dealkylation sites (N-methyl/N-ethyl adjacent to an activating group) is 1. The number of para-hydroxylation sites is 1. The third-order valence-corrected chi connectivity index (χ3v) is 3.92. The standard InChI is InChI=1S/C13H14N2O4.C6H5NO2/c1-3-14-11(16)12(17)15(13(14)18)8-9-4-6-10(19-2)7-5-9;8-7(9)6-4-2-1-3-5-6/h4-7H,3,8H2,1-2H3;1-5H. The second kappa shape index (κ2) is 9.26. The van der Waals surface area contributed by atoms with Crippen LogP contribution in [0.25, 0.3) is 0 Å². The average molecular weight is 385 g/mol. The number of urea groups is 1. The molecule has 9 nitrogen and oxygen atoms in total. The highest BCUT2D eigenvalue weighted by molar-refractivity contribution is 6.44. The molecule has 0 bridgehead atoms. The summed E-state index contributed by atoms with van der Waals surface area (Å²) in [5, 5.41) is 10.0. The maximum absolute atomic E-state index is 11.9. The van der Waals surface area contributed by atoms with Crippen LogP contribution >= 0.6 is 0 Å². The number of nitro benzene ring substituents is 1. The van der Waals surface area contributed by atoms with Crippen molar-refractivity contribution in [3.05, 3.63) is 70.3 Å². The zero-order chi connectivity index (χ0) is 20.7. The number of non-ortho nitro benzene ring substituents is 1. The summed E-state index contributed by atoms with van der Waals surface area (Å²) in [7, 11) is 1.56. The largest absolute Gasteiger partial charge is 0.497 e. The molecule has 0 aliphatic carbocycles. The van der Waals surface area contributed by atoms with Gasteiger partial charge in [0.25, 0.3) is 5.69 Å². The lowest BCUT2D eigenvalue weighted by molar-refractivity contribution is -0.384. The second-order valence-corrected chi connectivity index (χ2v) is 5.66. The molecule has 0 unspecified atom stereocenters. The number of hydrogen-bond acceptors (Lipinski definition) is 6. The Bertz CT molecular complexity index is 867. The first-order valence-electron chi connectivity index (χ1n) is 8.38. The minimum atomic E-state index is -0.775. The van der Waals surface area contributed by atoms with Crippen molar-refractivity contribution in [1.29, 1.82) is 0 Å². The van der Waals surface area contributed by atoms with Crippen molar-refractivity contribution in [2.75, 3.05) is 13.7 Å². The number of carbonyl (C=O) groups excluding carboxylic acids is 3. The molecular formula is C19H19N3O6. The molecule has 0 atom stereocenters. The van der Waals surface area contributed by atoms with Crippen LogP contribution in [0.2, 0.25) is 0 Å². The van der Waals surface area contributed by atoms with Crippen LogP contribution in [0.3, 0.4) is 0 Å². The number of nitro groups is 1. The van der Waals surface area contributed by atoms with Crippen molar-refractivity contribution in [1.82, 2.24) is 9.80 Å². The maximum atomic E-state index is 11.9. The summed E-state index contributed by atoms with van der Waals surface area (Å²) < 4.78 is 5.02. The fraction of sp³-hybridized carbons (Fsp3) is 0.211. The number of imide groups is 2. The van der Waals surface area contributed by atoms with E-state index in [1.807, 2.05) is 0 Å². The normalized spacial score (nSPS) is 13.3. The number of rotatable bonds is 5. The van der Waals surface area contributed by atoms with Crippen molar-refractivity contribution in [2.24, 2.45) is 0 Å². The lowest BCUT2D eigenvalue weighted by atomic mass is 10.2. The van der Waals surface area contributed by atoms with Crippen LogP contribution < -0.4 is 4.74 Å². The van der Waals surface area contributed by atoms with E-state index in [-0.39, 0.29) is 18.8 Å². The molecule has 1 aliphatic heterocycles. The van der Waals surface area contributed by atoms with Gasteiger partial charge >= 0.3 is 17.8 Å². The zero-order valence-electron chi connectivity index (χ0n) is 15.4. The van der Waals surface area contributed by atoms with Crippen molar-refractivity contribution in [2.45, 2.75) is 13.5 Å². The first-order valence-corrected chi connectivity index (χ1v) is 8.38. The van der Waals surface area contributed by atoms with Crippen molar-refractivity contribution in [3.8, 4) is 5.75 Å². The Morgan fingerprint density at radius 2 is 1.50 bits per heavy atom. The van der Waals surface area contributed by atoms with Gasteiger partial charge in [-0.2, -0.15) is 0 Å². The molecule has 1 saturated heterocycles. The summed E-state index contributed by atoms with van der Waals surface area (Å²) in [5.41, 5.74) is 0.894. The number of methoxy groups -OCH3 is 1. The highest BCUT2D eigenvalue weighted by Crippen LogP contribution is 2.17. The lowest BCUT2D eigenvalue weighted by Gasteiger charge is -2.14.